The lowest BCUT2D eigenvalue weighted by atomic mass is 10.1. The number of rotatable bonds is 12. The molecule has 27 heavy (non-hydrogen) atoms. The Hall–Kier alpha value is -1.60. The van der Waals surface area contributed by atoms with E-state index in [0.717, 1.165) is 57.1 Å². The van der Waals surface area contributed by atoms with Crippen molar-refractivity contribution in [1.29, 1.82) is 0 Å². The third-order valence-electron chi connectivity index (χ3n) is 4.43. The van der Waals surface area contributed by atoms with E-state index in [0.29, 0.717) is 21.5 Å². The van der Waals surface area contributed by atoms with Crippen LogP contribution in [0.15, 0.2) is 21.5 Å². The van der Waals surface area contributed by atoms with Gasteiger partial charge in [0, 0.05) is 19.0 Å². The van der Waals surface area contributed by atoms with Crippen LogP contribution in [0.4, 0.5) is 0 Å². The van der Waals surface area contributed by atoms with E-state index in [1.165, 1.54) is 11.8 Å². The Morgan fingerprint density at radius 2 is 1.78 bits per heavy atom. The number of carboxylic acids is 1. The van der Waals surface area contributed by atoms with Crippen LogP contribution in [-0.4, -0.2) is 32.7 Å². The number of unbranched alkanes of at least 4 members (excludes halogenated alkanes) is 7. The summed E-state index contributed by atoms with van der Waals surface area (Å²) in [5.74, 6) is 0.757. The Labute approximate surface area is 170 Å². The smallest absolute Gasteiger partial charge is 0.303 e. The average molecular weight is 410 g/mol. The number of thiocarbonyl (C=S) groups is 1. The summed E-state index contributed by atoms with van der Waals surface area (Å²) in [4.78, 5) is 25.2. The van der Waals surface area contributed by atoms with Gasteiger partial charge in [-0.3, -0.25) is 14.5 Å². The van der Waals surface area contributed by atoms with E-state index in [1.807, 2.05) is 19.1 Å². The molecule has 2 heterocycles. The Balaban J connectivity index is 1.61. The first kappa shape index (κ1) is 21.7. The minimum Gasteiger partial charge on any atom is -0.481 e. The highest BCUT2D eigenvalue weighted by Gasteiger charge is 2.31. The summed E-state index contributed by atoms with van der Waals surface area (Å²) in [5.41, 5.74) is 0. The van der Waals surface area contributed by atoms with Crippen LogP contribution >= 0.6 is 24.0 Å². The first-order chi connectivity index (χ1) is 13.0. The molecule has 1 saturated heterocycles. The molecule has 1 aliphatic heterocycles. The van der Waals surface area contributed by atoms with Crippen molar-refractivity contribution >= 4 is 46.3 Å². The topological polar surface area (TPSA) is 70.8 Å². The zero-order valence-electron chi connectivity index (χ0n) is 15.7. The van der Waals surface area contributed by atoms with E-state index in [1.54, 1.807) is 11.0 Å². The SMILES string of the molecule is Cc1ccc(/C=C2/SC(=S)N(CCCCCCCCCCC(=O)O)C2=O)o1. The molecule has 1 aromatic rings. The maximum absolute atomic E-state index is 12.5. The fraction of sp³-hybridized carbons (Fsp3) is 0.550. The number of furan rings is 1. The predicted molar refractivity (Wildman–Crippen MR) is 113 cm³/mol. The Kier molecular flexibility index (Phi) is 9.07. The van der Waals surface area contributed by atoms with Crippen LogP contribution in [0.25, 0.3) is 6.08 Å². The first-order valence-electron chi connectivity index (χ1n) is 9.51. The number of hydrogen-bond acceptors (Lipinski definition) is 5. The standard InChI is InChI=1S/C20H27NO4S2/c1-15-11-12-16(25-15)14-17-19(24)21(20(26)27-17)13-9-7-5-3-2-4-6-8-10-18(22)23/h11-12,14H,2-10,13H2,1H3,(H,22,23)/b17-14+. The molecule has 0 unspecified atom stereocenters. The number of carbonyl (C=O) groups excluding carboxylic acids is 1. The van der Waals surface area contributed by atoms with Crippen molar-refractivity contribution < 1.29 is 19.1 Å². The van der Waals surface area contributed by atoms with Gasteiger partial charge in [-0.25, -0.2) is 0 Å². The van der Waals surface area contributed by atoms with Crippen LogP contribution in [0.1, 0.15) is 69.3 Å². The Morgan fingerprint density at radius 3 is 2.37 bits per heavy atom. The van der Waals surface area contributed by atoms with Crippen molar-refractivity contribution in [1.82, 2.24) is 4.90 Å². The van der Waals surface area contributed by atoms with Crippen LogP contribution in [-0.2, 0) is 9.59 Å². The number of hydrogen-bond donors (Lipinski definition) is 1. The molecule has 1 aromatic heterocycles. The van der Waals surface area contributed by atoms with Gasteiger partial charge in [-0.15, -0.1) is 0 Å². The van der Waals surface area contributed by atoms with Crippen LogP contribution in [0, 0.1) is 6.92 Å². The number of aliphatic carboxylic acids is 1. The number of thioether (sulfide) groups is 1. The summed E-state index contributed by atoms with van der Waals surface area (Å²) in [5, 5.41) is 8.58. The van der Waals surface area contributed by atoms with Crippen molar-refractivity contribution in [3.8, 4) is 0 Å². The van der Waals surface area contributed by atoms with Gasteiger partial charge >= 0.3 is 5.97 Å². The van der Waals surface area contributed by atoms with E-state index in [9.17, 15) is 9.59 Å². The van der Waals surface area contributed by atoms with Crippen molar-refractivity contribution in [3.63, 3.8) is 0 Å². The molecular weight excluding hydrogens is 382 g/mol. The van der Waals surface area contributed by atoms with Crippen molar-refractivity contribution in [2.24, 2.45) is 0 Å². The van der Waals surface area contributed by atoms with Crippen LogP contribution in [0.3, 0.4) is 0 Å². The molecule has 2 rings (SSSR count). The van der Waals surface area contributed by atoms with Crippen LogP contribution in [0.5, 0.6) is 0 Å². The number of carboxylic acid groups (broad SMARTS) is 1. The molecule has 0 aromatic carbocycles. The fourth-order valence-corrected chi connectivity index (χ4v) is 4.25. The zero-order valence-corrected chi connectivity index (χ0v) is 17.4. The third kappa shape index (κ3) is 7.50. The maximum Gasteiger partial charge on any atom is 0.303 e. The molecule has 7 heteroatoms. The molecular formula is C20H27NO4S2. The lowest BCUT2D eigenvalue weighted by Gasteiger charge is -2.14. The molecule has 1 fully saturated rings. The van der Waals surface area contributed by atoms with E-state index in [-0.39, 0.29) is 12.3 Å². The Bertz CT molecular complexity index is 696. The lowest BCUT2D eigenvalue weighted by Crippen LogP contribution is -2.29. The van der Waals surface area contributed by atoms with Crippen molar-refractivity contribution in [2.45, 2.75) is 64.7 Å². The molecule has 1 aliphatic rings. The van der Waals surface area contributed by atoms with Gasteiger partial charge < -0.3 is 9.52 Å². The monoisotopic (exact) mass is 409 g/mol. The summed E-state index contributed by atoms with van der Waals surface area (Å²) in [6.45, 7) is 2.54. The summed E-state index contributed by atoms with van der Waals surface area (Å²) >= 11 is 6.68. The first-order valence-corrected chi connectivity index (χ1v) is 10.7. The summed E-state index contributed by atoms with van der Waals surface area (Å²) < 4.78 is 6.12. The second-order valence-electron chi connectivity index (χ2n) is 6.75. The number of nitrogens with zero attached hydrogens (tertiary/aromatic N) is 1. The number of carbonyl (C=O) groups is 2. The largest absolute Gasteiger partial charge is 0.481 e. The summed E-state index contributed by atoms with van der Waals surface area (Å²) in [6, 6.07) is 3.72. The maximum atomic E-state index is 12.5. The average Bonchev–Trinajstić information content (AvgIpc) is 3.13. The van der Waals surface area contributed by atoms with Gasteiger partial charge in [-0.1, -0.05) is 62.5 Å². The lowest BCUT2D eigenvalue weighted by molar-refractivity contribution is -0.137. The second kappa shape index (κ2) is 11.3. The second-order valence-corrected chi connectivity index (χ2v) is 8.43. The van der Waals surface area contributed by atoms with Crippen LogP contribution < -0.4 is 0 Å². The van der Waals surface area contributed by atoms with E-state index in [4.69, 9.17) is 21.7 Å². The van der Waals surface area contributed by atoms with Gasteiger partial charge in [-0.05, 0) is 31.9 Å². The molecule has 1 N–H and O–H groups in total. The third-order valence-corrected chi connectivity index (χ3v) is 5.81. The van der Waals surface area contributed by atoms with Gasteiger partial charge in [0.15, 0.2) is 0 Å². The minimum atomic E-state index is -0.709. The van der Waals surface area contributed by atoms with Crippen LogP contribution in [0.2, 0.25) is 0 Å². The molecule has 0 bridgehead atoms. The van der Waals surface area contributed by atoms with Crippen molar-refractivity contribution in [2.75, 3.05) is 6.54 Å². The number of aryl methyl sites for hydroxylation is 1. The highest BCUT2D eigenvalue weighted by atomic mass is 32.2. The van der Waals surface area contributed by atoms with Gasteiger partial charge in [0.1, 0.15) is 15.8 Å². The predicted octanol–water partition coefficient (Wildman–Crippen LogP) is 5.38. The van der Waals surface area contributed by atoms with Gasteiger partial charge in [0.05, 0.1) is 4.91 Å². The fourth-order valence-electron chi connectivity index (χ4n) is 2.96. The molecule has 1 amide bonds. The molecule has 148 valence electrons. The molecule has 5 nitrogen and oxygen atoms in total. The molecule has 0 radical (unpaired) electrons. The molecule has 0 aliphatic carbocycles. The highest BCUT2D eigenvalue weighted by Crippen LogP contribution is 2.33. The summed E-state index contributed by atoms with van der Waals surface area (Å²) in [6.07, 6.45) is 10.3. The summed E-state index contributed by atoms with van der Waals surface area (Å²) in [7, 11) is 0. The van der Waals surface area contributed by atoms with E-state index >= 15 is 0 Å². The molecule has 0 spiro atoms. The van der Waals surface area contributed by atoms with E-state index in [2.05, 4.69) is 0 Å². The van der Waals surface area contributed by atoms with E-state index < -0.39 is 5.97 Å². The van der Waals surface area contributed by atoms with Crippen molar-refractivity contribution in [3.05, 3.63) is 28.6 Å². The Morgan fingerprint density at radius 1 is 1.15 bits per heavy atom. The van der Waals surface area contributed by atoms with Gasteiger partial charge in [0.2, 0.25) is 0 Å². The quantitative estimate of drug-likeness (QED) is 0.284. The number of amides is 1. The normalized spacial score (nSPS) is 15.9. The molecule has 0 saturated carbocycles. The van der Waals surface area contributed by atoms with Gasteiger partial charge in [-0.2, -0.15) is 0 Å². The molecule has 0 atom stereocenters. The minimum absolute atomic E-state index is 0.0301. The van der Waals surface area contributed by atoms with Gasteiger partial charge in [0.25, 0.3) is 5.91 Å². The highest BCUT2D eigenvalue weighted by molar-refractivity contribution is 8.26. The zero-order chi connectivity index (χ0) is 19.6.